The number of anilines is 1. The molecule has 0 saturated carbocycles. The molecule has 2 aliphatic carbocycles. The third-order valence-corrected chi connectivity index (χ3v) is 6.43. The van der Waals surface area contributed by atoms with Crippen molar-refractivity contribution in [2.75, 3.05) is 5.73 Å². The molecule has 7 heteroatoms. The summed E-state index contributed by atoms with van der Waals surface area (Å²) in [5, 5.41) is 32.5. The highest BCUT2D eigenvalue weighted by Gasteiger charge is 2.18. The molecule has 0 saturated heterocycles. The van der Waals surface area contributed by atoms with E-state index in [9.17, 15) is 19.8 Å². The van der Waals surface area contributed by atoms with Crippen molar-refractivity contribution >= 4 is 43.7 Å². The fraction of sp³-hybridized carbons (Fsp3) is 0. The van der Waals surface area contributed by atoms with Gasteiger partial charge in [0.05, 0.1) is 27.3 Å². The fourth-order valence-electron chi connectivity index (χ4n) is 4.74. The molecule has 6 rings (SSSR count). The summed E-state index contributed by atoms with van der Waals surface area (Å²) in [7, 11) is 0. The number of fused-ring (bicyclic) bond motifs is 3. The van der Waals surface area contributed by atoms with Crippen LogP contribution in [0.5, 0.6) is 11.5 Å². The molecule has 4 aromatic carbocycles. The maximum Gasteiger partial charge on any atom is 0.196 e. The average molecular weight is 459 g/mol. The van der Waals surface area contributed by atoms with Gasteiger partial charge in [-0.2, -0.15) is 0 Å². The minimum atomic E-state index is -0.417. The Labute approximate surface area is 196 Å². The van der Waals surface area contributed by atoms with Gasteiger partial charge in [0.2, 0.25) is 0 Å². The van der Waals surface area contributed by atoms with Gasteiger partial charge in [0.1, 0.15) is 16.9 Å². The molecule has 0 atom stereocenters. The number of rotatable bonds is 1. The SMILES string of the molecule is N=c1ccc2c(=O)c3ccccc3c(=O)c=2c1=Nc1c(N)ccc2c(O)c3ccccc3c(O)c12. The number of benzene rings is 4. The summed E-state index contributed by atoms with van der Waals surface area (Å²) in [5.74, 6) is -0.185. The van der Waals surface area contributed by atoms with E-state index in [-0.39, 0.29) is 60.2 Å². The lowest BCUT2D eigenvalue weighted by atomic mass is 9.98. The summed E-state index contributed by atoms with van der Waals surface area (Å²) in [5.41, 5.74) is 5.79. The van der Waals surface area contributed by atoms with Gasteiger partial charge in [-0.3, -0.25) is 15.0 Å². The highest BCUT2D eigenvalue weighted by atomic mass is 16.3. The van der Waals surface area contributed by atoms with E-state index in [1.54, 1.807) is 54.6 Å². The molecular formula is C28H17N3O4. The van der Waals surface area contributed by atoms with Crippen LogP contribution in [0.15, 0.2) is 87.4 Å². The number of hydrogen-bond donors (Lipinski definition) is 4. The minimum absolute atomic E-state index is 0.0158. The summed E-state index contributed by atoms with van der Waals surface area (Å²) in [6, 6.07) is 19.3. The molecule has 0 spiro atoms. The van der Waals surface area contributed by atoms with Crippen LogP contribution in [-0.2, 0) is 0 Å². The van der Waals surface area contributed by atoms with Crippen molar-refractivity contribution in [1.82, 2.24) is 0 Å². The van der Waals surface area contributed by atoms with Crippen LogP contribution in [0.2, 0.25) is 0 Å². The van der Waals surface area contributed by atoms with E-state index >= 15 is 0 Å². The van der Waals surface area contributed by atoms with Gasteiger partial charge in [-0.15, -0.1) is 0 Å². The normalized spacial score (nSPS) is 12.3. The molecule has 7 nitrogen and oxygen atoms in total. The van der Waals surface area contributed by atoms with Crippen LogP contribution < -0.4 is 27.3 Å². The molecule has 0 aromatic heterocycles. The van der Waals surface area contributed by atoms with E-state index in [0.29, 0.717) is 21.5 Å². The van der Waals surface area contributed by atoms with Crippen molar-refractivity contribution in [2.45, 2.75) is 0 Å². The number of nitrogen functional groups attached to an aromatic ring is 1. The third-order valence-electron chi connectivity index (χ3n) is 6.43. The van der Waals surface area contributed by atoms with Crippen LogP contribution in [0.3, 0.4) is 0 Å². The molecule has 0 heterocycles. The number of aromatic hydroxyl groups is 2. The maximum atomic E-state index is 13.4. The summed E-state index contributed by atoms with van der Waals surface area (Å²) in [6.45, 7) is 0. The second-order valence-electron chi connectivity index (χ2n) is 8.37. The Morgan fingerprint density at radius 3 is 1.97 bits per heavy atom. The summed E-state index contributed by atoms with van der Waals surface area (Å²) >= 11 is 0. The van der Waals surface area contributed by atoms with Crippen LogP contribution in [0.1, 0.15) is 0 Å². The Morgan fingerprint density at radius 1 is 0.686 bits per heavy atom. The van der Waals surface area contributed by atoms with E-state index in [0.717, 1.165) is 0 Å². The Balaban J connectivity index is 1.89. The average Bonchev–Trinajstić information content (AvgIpc) is 2.88. The van der Waals surface area contributed by atoms with Gasteiger partial charge >= 0.3 is 0 Å². The summed E-state index contributed by atoms with van der Waals surface area (Å²) in [6.07, 6.45) is 0. The first-order valence-electron chi connectivity index (χ1n) is 10.8. The Kier molecular flexibility index (Phi) is 4.25. The maximum absolute atomic E-state index is 13.4. The molecule has 5 N–H and O–H groups in total. The first-order valence-corrected chi connectivity index (χ1v) is 10.8. The van der Waals surface area contributed by atoms with Crippen LogP contribution >= 0.6 is 0 Å². The second-order valence-corrected chi connectivity index (χ2v) is 8.37. The molecule has 0 unspecified atom stereocenters. The van der Waals surface area contributed by atoms with Gasteiger partial charge in [0, 0.05) is 32.1 Å². The molecule has 4 aromatic rings. The fourth-order valence-corrected chi connectivity index (χ4v) is 4.74. The van der Waals surface area contributed by atoms with Gasteiger partial charge in [0.25, 0.3) is 0 Å². The molecule has 0 aliphatic heterocycles. The van der Waals surface area contributed by atoms with Gasteiger partial charge < -0.3 is 15.9 Å². The van der Waals surface area contributed by atoms with Gasteiger partial charge in [0.15, 0.2) is 10.9 Å². The quantitative estimate of drug-likeness (QED) is 0.170. The smallest absolute Gasteiger partial charge is 0.196 e. The van der Waals surface area contributed by atoms with Crippen LogP contribution in [0, 0.1) is 15.8 Å². The monoisotopic (exact) mass is 459 g/mol. The highest BCUT2D eigenvalue weighted by Crippen LogP contribution is 2.46. The molecule has 0 amide bonds. The minimum Gasteiger partial charge on any atom is -0.507 e. The van der Waals surface area contributed by atoms with Crippen molar-refractivity contribution in [2.24, 2.45) is 4.99 Å². The van der Waals surface area contributed by atoms with Crippen molar-refractivity contribution in [3.63, 3.8) is 0 Å². The van der Waals surface area contributed by atoms with Gasteiger partial charge in [-0.05, 0) is 24.3 Å². The molecule has 35 heavy (non-hydrogen) atoms. The van der Waals surface area contributed by atoms with Crippen molar-refractivity contribution < 1.29 is 10.2 Å². The molecule has 2 aliphatic rings. The number of hydrogen-bond acceptors (Lipinski definition) is 7. The standard InChI is InChI=1S/C28H17N3O4/c29-19-11-9-17-21(27(34)15-7-3-1-5-13(15)25(17)32)23(19)31-24-20(30)12-10-18-22(24)28(35)16-8-4-2-6-14(16)26(18)33/h1-12,29,33,35H,30H2. The third kappa shape index (κ3) is 2.78. The largest absolute Gasteiger partial charge is 0.507 e. The topological polar surface area (TPSA) is 137 Å². The molecular weight excluding hydrogens is 442 g/mol. The van der Waals surface area contributed by atoms with Gasteiger partial charge in [-0.25, -0.2) is 4.99 Å². The predicted octanol–water partition coefficient (Wildman–Crippen LogP) is 3.17. The number of nitrogens with zero attached hydrogens (tertiary/aromatic N) is 1. The van der Waals surface area contributed by atoms with Gasteiger partial charge in [-0.1, -0.05) is 48.5 Å². The zero-order valence-electron chi connectivity index (χ0n) is 18.2. The Hall–Kier alpha value is -5.04. The van der Waals surface area contributed by atoms with E-state index < -0.39 is 5.43 Å². The summed E-state index contributed by atoms with van der Waals surface area (Å²) in [4.78, 5) is 31.2. The van der Waals surface area contributed by atoms with Crippen LogP contribution in [0.4, 0.5) is 11.4 Å². The zero-order valence-corrected chi connectivity index (χ0v) is 18.2. The van der Waals surface area contributed by atoms with Crippen molar-refractivity contribution in [1.29, 1.82) is 5.41 Å². The van der Waals surface area contributed by atoms with E-state index in [1.165, 1.54) is 18.2 Å². The predicted molar refractivity (Wildman–Crippen MR) is 134 cm³/mol. The molecule has 168 valence electrons. The number of nitrogens with one attached hydrogen (secondary N) is 1. The van der Waals surface area contributed by atoms with Crippen molar-refractivity contribution in [3.8, 4) is 11.5 Å². The van der Waals surface area contributed by atoms with E-state index in [2.05, 4.69) is 4.99 Å². The van der Waals surface area contributed by atoms with Crippen molar-refractivity contribution in [3.05, 3.63) is 114 Å². The molecule has 0 radical (unpaired) electrons. The first kappa shape index (κ1) is 20.6. The summed E-state index contributed by atoms with van der Waals surface area (Å²) < 4.78 is 0. The zero-order chi connectivity index (χ0) is 24.4. The highest BCUT2D eigenvalue weighted by molar-refractivity contribution is 6.15. The van der Waals surface area contributed by atoms with E-state index in [4.69, 9.17) is 11.1 Å². The molecule has 0 fully saturated rings. The van der Waals surface area contributed by atoms with Crippen LogP contribution in [-0.4, -0.2) is 10.2 Å². The first-order chi connectivity index (χ1) is 16.9. The lowest BCUT2D eigenvalue weighted by Gasteiger charge is -2.13. The lowest BCUT2D eigenvalue weighted by molar-refractivity contribution is 0.478. The van der Waals surface area contributed by atoms with E-state index in [1.807, 2.05) is 0 Å². The molecule has 0 bridgehead atoms. The number of nitrogens with two attached hydrogens (primary N) is 1. The second kappa shape index (κ2) is 7.23. The van der Waals surface area contributed by atoms with Crippen LogP contribution in [0.25, 0.3) is 32.3 Å². The Morgan fingerprint density at radius 2 is 1.29 bits per heavy atom. The number of phenols is 2. The lowest BCUT2D eigenvalue weighted by Crippen LogP contribution is -2.32. The number of phenolic OH excluding ortho intramolecular Hbond substituents is 2. The Bertz CT molecular complexity index is 2160.